The van der Waals surface area contributed by atoms with Gasteiger partial charge in [0.1, 0.15) is 5.60 Å². The van der Waals surface area contributed by atoms with Gasteiger partial charge in [-0.15, -0.1) is 0 Å². The zero-order valence-electron chi connectivity index (χ0n) is 16.8. The topological polar surface area (TPSA) is 77.1 Å². The summed E-state index contributed by atoms with van der Waals surface area (Å²) in [5.74, 6) is 1.18. The van der Waals surface area contributed by atoms with Gasteiger partial charge in [-0.3, -0.25) is 9.69 Å². The van der Waals surface area contributed by atoms with Crippen LogP contribution >= 0.6 is 0 Å². The first-order valence-corrected chi connectivity index (χ1v) is 9.19. The molecule has 0 bridgehead atoms. The van der Waals surface area contributed by atoms with Gasteiger partial charge in [0.25, 0.3) is 0 Å². The molecule has 0 aromatic heterocycles. The second kappa shape index (κ2) is 9.08. The van der Waals surface area contributed by atoms with Crippen molar-refractivity contribution in [1.82, 2.24) is 10.2 Å². The molecule has 1 aliphatic heterocycles. The van der Waals surface area contributed by atoms with Crippen LogP contribution in [0.15, 0.2) is 18.2 Å². The zero-order chi connectivity index (χ0) is 20.0. The van der Waals surface area contributed by atoms with Gasteiger partial charge in [0, 0.05) is 24.7 Å². The molecule has 1 aliphatic rings. The maximum atomic E-state index is 12.6. The van der Waals surface area contributed by atoms with Crippen LogP contribution in [0.25, 0.3) is 0 Å². The highest BCUT2D eigenvalue weighted by Crippen LogP contribution is 2.27. The Bertz CT molecular complexity index is 661. The summed E-state index contributed by atoms with van der Waals surface area (Å²) >= 11 is 0. The summed E-state index contributed by atoms with van der Waals surface area (Å²) in [6.45, 7) is 7.37. The number of hydrogen-bond acceptors (Lipinski definition) is 6. The van der Waals surface area contributed by atoms with Gasteiger partial charge in [-0.2, -0.15) is 0 Å². The maximum absolute atomic E-state index is 12.6. The number of methoxy groups -OCH3 is 2. The fraction of sp³-hybridized carbons (Fsp3) is 0.600. The van der Waals surface area contributed by atoms with Crippen LogP contribution < -0.4 is 14.8 Å². The third-order valence-corrected chi connectivity index (χ3v) is 4.38. The number of nitrogens with zero attached hydrogens (tertiary/aromatic N) is 1. The summed E-state index contributed by atoms with van der Waals surface area (Å²) in [6.07, 6.45) is 1.19. The number of likely N-dealkylation sites (tertiary alicyclic amines) is 1. The van der Waals surface area contributed by atoms with Crippen molar-refractivity contribution >= 4 is 11.9 Å². The van der Waals surface area contributed by atoms with Crippen LogP contribution in [0.2, 0.25) is 0 Å². The number of amides is 1. The van der Waals surface area contributed by atoms with Gasteiger partial charge in [0.05, 0.1) is 20.8 Å². The van der Waals surface area contributed by atoms with E-state index in [-0.39, 0.29) is 17.9 Å². The number of hydrogen-bond donors (Lipinski definition) is 1. The number of nitrogens with one attached hydrogen (secondary N) is 1. The van der Waals surface area contributed by atoms with Gasteiger partial charge >= 0.3 is 6.09 Å². The number of rotatable bonds is 6. The number of carbonyl (C=O) groups excluding carboxylic acids is 2. The molecule has 0 unspecified atom stereocenters. The van der Waals surface area contributed by atoms with Crippen molar-refractivity contribution in [3.05, 3.63) is 23.8 Å². The average molecular weight is 378 g/mol. The van der Waals surface area contributed by atoms with Crippen LogP contribution in [-0.2, 0) is 4.74 Å². The van der Waals surface area contributed by atoms with Gasteiger partial charge in [-0.05, 0) is 51.8 Å². The molecular weight excluding hydrogens is 348 g/mol. The Kier molecular flexibility index (Phi) is 7.07. The Labute approximate surface area is 161 Å². The molecule has 7 heteroatoms. The molecule has 0 spiro atoms. The zero-order valence-corrected chi connectivity index (χ0v) is 16.8. The van der Waals surface area contributed by atoms with E-state index in [0.29, 0.717) is 23.6 Å². The molecule has 1 N–H and O–H groups in total. The molecule has 1 fully saturated rings. The molecule has 1 aromatic rings. The summed E-state index contributed by atoms with van der Waals surface area (Å²) < 4.78 is 15.8. The van der Waals surface area contributed by atoms with E-state index in [2.05, 4.69) is 10.2 Å². The van der Waals surface area contributed by atoms with E-state index in [4.69, 9.17) is 14.2 Å². The van der Waals surface area contributed by atoms with E-state index in [1.165, 1.54) is 0 Å². The van der Waals surface area contributed by atoms with Crippen molar-refractivity contribution in [2.75, 3.05) is 33.9 Å². The Morgan fingerprint density at radius 3 is 2.30 bits per heavy atom. The molecule has 1 saturated heterocycles. The lowest BCUT2D eigenvalue weighted by molar-refractivity contribution is 0.0476. The minimum atomic E-state index is -0.503. The first-order valence-electron chi connectivity index (χ1n) is 9.19. The van der Waals surface area contributed by atoms with Crippen molar-refractivity contribution in [2.24, 2.45) is 0 Å². The monoisotopic (exact) mass is 378 g/mol. The summed E-state index contributed by atoms with van der Waals surface area (Å²) in [5, 5.41) is 2.91. The van der Waals surface area contributed by atoms with Gasteiger partial charge < -0.3 is 19.5 Å². The van der Waals surface area contributed by atoms with Crippen LogP contribution in [-0.4, -0.2) is 62.3 Å². The van der Waals surface area contributed by atoms with Crippen LogP contribution in [0, 0.1) is 0 Å². The maximum Gasteiger partial charge on any atom is 0.407 e. The standard InChI is InChI=1S/C20H30N2O5/c1-20(2,3)27-19(24)21-15-8-10-22(11-9-15)13-16(23)14-6-7-17(25-4)18(12-14)26-5/h6-7,12,15H,8-11,13H2,1-5H3,(H,21,24). The largest absolute Gasteiger partial charge is 0.493 e. The highest BCUT2D eigenvalue weighted by Gasteiger charge is 2.25. The van der Waals surface area contributed by atoms with Gasteiger partial charge in [0.2, 0.25) is 0 Å². The number of ether oxygens (including phenoxy) is 3. The molecule has 0 atom stereocenters. The van der Waals surface area contributed by atoms with Crippen molar-refractivity contribution in [3.63, 3.8) is 0 Å². The highest BCUT2D eigenvalue weighted by molar-refractivity contribution is 5.98. The predicted molar refractivity (Wildman–Crippen MR) is 103 cm³/mol. The number of Topliss-reactive ketones (excluding diaryl/α,β-unsaturated/α-hetero) is 1. The van der Waals surface area contributed by atoms with Crippen LogP contribution in [0.5, 0.6) is 11.5 Å². The fourth-order valence-corrected chi connectivity index (χ4v) is 3.01. The summed E-state index contributed by atoms with van der Waals surface area (Å²) in [7, 11) is 3.11. The molecule has 0 radical (unpaired) electrons. The van der Waals surface area contributed by atoms with E-state index < -0.39 is 5.60 Å². The molecule has 0 aliphatic carbocycles. The molecule has 27 heavy (non-hydrogen) atoms. The smallest absolute Gasteiger partial charge is 0.407 e. The lowest BCUT2D eigenvalue weighted by atomic mass is 10.0. The van der Waals surface area contributed by atoms with E-state index in [1.54, 1.807) is 32.4 Å². The normalized spacial score (nSPS) is 15.9. The minimum absolute atomic E-state index is 0.0366. The summed E-state index contributed by atoms with van der Waals surface area (Å²) in [6, 6.07) is 5.27. The molecule has 2 rings (SSSR count). The van der Waals surface area contributed by atoms with E-state index in [9.17, 15) is 9.59 Å². The Morgan fingerprint density at radius 1 is 1.11 bits per heavy atom. The molecule has 1 heterocycles. The third kappa shape index (κ3) is 6.43. The highest BCUT2D eigenvalue weighted by atomic mass is 16.6. The second-order valence-electron chi connectivity index (χ2n) is 7.69. The second-order valence-corrected chi connectivity index (χ2v) is 7.69. The SMILES string of the molecule is COc1ccc(C(=O)CN2CCC(NC(=O)OC(C)(C)C)CC2)cc1OC. The molecule has 1 aromatic carbocycles. The number of piperidine rings is 1. The fourth-order valence-electron chi connectivity index (χ4n) is 3.01. The molecule has 7 nitrogen and oxygen atoms in total. The third-order valence-electron chi connectivity index (χ3n) is 4.38. The van der Waals surface area contributed by atoms with Crippen molar-refractivity contribution in [3.8, 4) is 11.5 Å². The minimum Gasteiger partial charge on any atom is -0.493 e. The predicted octanol–water partition coefficient (Wildman–Crippen LogP) is 2.88. The van der Waals surface area contributed by atoms with Crippen LogP contribution in [0.3, 0.4) is 0 Å². The lowest BCUT2D eigenvalue weighted by Crippen LogP contribution is -2.47. The number of alkyl carbamates (subject to hydrolysis) is 1. The quantitative estimate of drug-likeness (QED) is 0.767. The van der Waals surface area contributed by atoms with Crippen molar-refractivity contribution < 1.29 is 23.8 Å². The van der Waals surface area contributed by atoms with Gasteiger partial charge in [-0.1, -0.05) is 0 Å². The lowest BCUT2D eigenvalue weighted by Gasteiger charge is -2.32. The van der Waals surface area contributed by atoms with Crippen molar-refractivity contribution in [2.45, 2.75) is 45.3 Å². The Balaban J connectivity index is 1.83. The number of ketones is 1. The average Bonchev–Trinajstić information content (AvgIpc) is 2.61. The summed E-state index contributed by atoms with van der Waals surface area (Å²) in [5.41, 5.74) is 0.0954. The van der Waals surface area contributed by atoms with Crippen molar-refractivity contribution in [1.29, 1.82) is 0 Å². The Morgan fingerprint density at radius 2 is 1.74 bits per heavy atom. The first kappa shape index (κ1) is 21.0. The van der Waals surface area contributed by atoms with Gasteiger partial charge in [-0.25, -0.2) is 4.79 Å². The molecular formula is C20H30N2O5. The number of benzene rings is 1. The molecule has 1 amide bonds. The van der Waals surface area contributed by atoms with Crippen LogP contribution in [0.4, 0.5) is 4.79 Å². The van der Waals surface area contributed by atoms with Crippen LogP contribution in [0.1, 0.15) is 44.0 Å². The van der Waals surface area contributed by atoms with E-state index >= 15 is 0 Å². The summed E-state index contributed by atoms with van der Waals surface area (Å²) in [4.78, 5) is 26.5. The first-order chi connectivity index (χ1) is 12.7. The van der Waals surface area contributed by atoms with E-state index in [0.717, 1.165) is 25.9 Å². The van der Waals surface area contributed by atoms with Gasteiger partial charge in [0.15, 0.2) is 17.3 Å². The van der Waals surface area contributed by atoms with E-state index in [1.807, 2.05) is 20.8 Å². The molecule has 0 saturated carbocycles. The number of carbonyl (C=O) groups is 2. The molecule has 150 valence electrons. The Hall–Kier alpha value is -2.28.